The molecule has 0 aliphatic heterocycles. The summed E-state index contributed by atoms with van der Waals surface area (Å²) in [4.78, 5) is 0. The Morgan fingerprint density at radius 1 is 1.04 bits per heavy atom. The molecule has 0 bridgehead atoms. The number of hydrogen-bond donors (Lipinski definition) is 2. The quantitative estimate of drug-likeness (QED) is 0.670. The number of furan rings is 1. The van der Waals surface area contributed by atoms with Gasteiger partial charge in [0.1, 0.15) is 11.3 Å². The highest BCUT2D eigenvalue weighted by molar-refractivity contribution is 5.77. The minimum Gasteiger partial charge on any atom is -0.459 e. The normalized spacial score (nSPS) is 14.0. The Hall–Kier alpha value is -2.10. The van der Waals surface area contributed by atoms with E-state index in [1.54, 1.807) is 0 Å². The first-order chi connectivity index (χ1) is 11.3. The van der Waals surface area contributed by atoms with Gasteiger partial charge in [-0.3, -0.25) is 0 Å². The van der Waals surface area contributed by atoms with Gasteiger partial charge in [0.25, 0.3) is 0 Å². The van der Waals surface area contributed by atoms with Crippen LogP contribution < -0.4 is 5.32 Å². The molecule has 0 radical (unpaired) electrons. The van der Waals surface area contributed by atoms with E-state index in [0.29, 0.717) is 0 Å². The molecule has 0 unspecified atom stereocenters. The van der Waals surface area contributed by atoms with E-state index >= 15 is 0 Å². The van der Waals surface area contributed by atoms with Crippen LogP contribution in [0.4, 0.5) is 0 Å². The third-order valence-electron chi connectivity index (χ3n) is 4.18. The van der Waals surface area contributed by atoms with Crippen molar-refractivity contribution < 1.29 is 9.52 Å². The average Bonchev–Trinajstić information content (AvgIpc) is 3.03. The Bertz CT molecular complexity index is 702. The summed E-state index contributed by atoms with van der Waals surface area (Å²) in [5.41, 5.74) is 2.16. The van der Waals surface area contributed by atoms with E-state index in [9.17, 15) is 0 Å². The number of rotatable bonds is 7. The molecular weight excluding hydrogens is 286 g/mol. The fraction of sp³-hybridized carbons (Fsp3) is 0.300. The van der Waals surface area contributed by atoms with Crippen molar-refractivity contribution in [3.05, 3.63) is 72.0 Å². The third-order valence-corrected chi connectivity index (χ3v) is 4.18. The molecule has 0 spiro atoms. The molecule has 0 fully saturated rings. The van der Waals surface area contributed by atoms with Crippen LogP contribution in [0.5, 0.6) is 0 Å². The number of aliphatic hydroxyl groups excluding tert-OH is 1. The summed E-state index contributed by atoms with van der Waals surface area (Å²) in [6.07, 6.45) is 1.67. The van der Waals surface area contributed by atoms with E-state index in [4.69, 9.17) is 9.52 Å². The van der Waals surface area contributed by atoms with Crippen molar-refractivity contribution >= 4 is 11.0 Å². The molecule has 2 atom stereocenters. The topological polar surface area (TPSA) is 45.4 Å². The fourth-order valence-electron chi connectivity index (χ4n) is 2.93. The van der Waals surface area contributed by atoms with Crippen LogP contribution in [-0.2, 0) is 0 Å². The molecule has 0 amide bonds. The van der Waals surface area contributed by atoms with Crippen LogP contribution in [0.15, 0.2) is 65.1 Å². The molecule has 1 heterocycles. The minimum atomic E-state index is 0.103. The van der Waals surface area contributed by atoms with Crippen LogP contribution in [0.1, 0.15) is 43.2 Å². The SMILES string of the molecule is C[C@@H](N[C@@H](CCCO)c1ccccc1)c1cc2ccccc2o1. The van der Waals surface area contributed by atoms with E-state index in [2.05, 4.69) is 48.6 Å². The number of nitrogens with one attached hydrogen (secondary N) is 1. The highest BCUT2D eigenvalue weighted by Gasteiger charge is 2.17. The second-order valence-electron chi connectivity index (χ2n) is 5.90. The summed E-state index contributed by atoms with van der Waals surface area (Å²) in [6.45, 7) is 2.33. The van der Waals surface area contributed by atoms with Gasteiger partial charge in [0, 0.05) is 18.0 Å². The molecule has 23 heavy (non-hydrogen) atoms. The predicted molar refractivity (Wildman–Crippen MR) is 93.3 cm³/mol. The summed E-state index contributed by atoms with van der Waals surface area (Å²) >= 11 is 0. The number of fused-ring (bicyclic) bond motifs is 1. The van der Waals surface area contributed by atoms with Crippen LogP contribution in [0, 0.1) is 0 Å². The second-order valence-corrected chi connectivity index (χ2v) is 5.90. The maximum Gasteiger partial charge on any atom is 0.134 e. The summed E-state index contributed by atoms with van der Waals surface area (Å²) in [5.74, 6) is 0.941. The Balaban J connectivity index is 1.78. The van der Waals surface area contributed by atoms with Gasteiger partial charge in [-0.05, 0) is 37.5 Å². The van der Waals surface area contributed by atoms with Gasteiger partial charge in [-0.2, -0.15) is 0 Å². The summed E-state index contributed by atoms with van der Waals surface area (Å²) < 4.78 is 5.96. The number of hydrogen-bond acceptors (Lipinski definition) is 3. The Kier molecular flexibility index (Phi) is 5.11. The molecule has 3 heteroatoms. The molecule has 2 aromatic carbocycles. The van der Waals surface area contributed by atoms with Crippen molar-refractivity contribution in [1.82, 2.24) is 5.32 Å². The van der Waals surface area contributed by atoms with E-state index < -0.39 is 0 Å². The molecule has 0 aliphatic rings. The molecule has 3 nitrogen and oxygen atoms in total. The first-order valence-corrected chi connectivity index (χ1v) is 8.18. The molecule has 0 saturated carbocycles. The Morgan fingerprint density at radius 3 is 2.52 bits per heavy atom. The lowest BCUT2D eigenvalue weighted by Crippen LogP contribution is -2.24. The molecule has 2 N–H and O–H groups in total. The minimum absolute atomic E-state index is 0.103. The van der Waals surface area contributed by atoms with Gasteiger partial charge in [-0.1, -0.05) is 48.5 Å². The first-order valence-electron chi connectivity index (χ1n) is 8.18. The van der Waals surface area contributed by atoms with E-state index in [-0.39, 0.29) is 18.7 Å². The largest absolute Gasteiger partial charge is 0.459 e. The van der Waals surface area contributed by atoms with Gasteiger partial charge in [0.15, 0.2) is 0 Å². The standard InChI is InChI=1S/C20H23NO2/c1-15(20-14-17-10-5-6-12-19(17)23-20)21-18(11-7-13-22)16-8-3-2-4-9-16/h2-6,8-10,12,14-15,18,21-22H,7,11,13H2,1H3/t15-,18+/m1/s1. The maximum absolute atomic E-state index is 9.16. The van der Waals surface area contributed by atoms with E-state index in [1.807, 2.05) is 24.3 Å². The van der Waals surface area contributed by atoms with Gasteiger partial charge >= 0.3 is 0 Å². The molecule has 0 saturated heterocycles. The molecule has 3 aromatic rings. The smallest absolute Gasteiger partial charge is 0.134 e. The summed E-state index contributed by atoms with van der Waals surface area (Å²) in [6, 6.07) is 20.8. The highest BCUT2D eigenvalue weighted by Crippen LogP contribution is 2.27. The summed E-state index contributed by atoms with van der Waals surface area (Å²) in [7, 11) is 0. The molecular formula is C20H23NO2. The Morgan fingerprint density at radius 2 is 1.78 bits per heavy atom. The van der Waals surface area contributed by atoms with Crippen molar-refractivity contribution in [2.24, 2.45) is 0 Å². The first kappa shape index (κ1) is 15.8. The van der Waals surface area contributed by atoms with Crippen molar-refractivity contribution in [3.8, 4) is 0 Å². The second kappa shape index (κ2) is 7.44. The van der Waals surface area contributed by atoms with Crippen LogP contribution in [0.25, 0.3) is 11.0 Å². The van der Waals surface area contributed by atoms with Crippen molar-refractivity contribution in [1.29, 1.82) is 0 Å². The monoisotopic (exact) mass is 309 g/mol. The van der Waals surface area contributed by atoms with Crippen LogP contribution in [0.2, 0.25) is 0 Å². The predicted octanol–water partition coefficient (Wildman–Crippen LogP) is 4.60. The zero-order valence-electron chi connectivity index (χ0n) is 13.4. The van der Waals surface area contributed by atoms with Crippen LogP contribution in [0.3, 0.4) is 0 Å². The average molecular weight is 309 g/mol. The molecule has 3 rings (SSSR count). The zero-order valence-corrected chi connectivity index (χ0v) is 13.4. The van der Waals surface area contributed by atoms with Crippen molar-refractivity contribution in [3.63, 3.8) is 0 Å². The van der Waals surface area contributed by atoms with Crippen molar-refractivity contribution in [2.45, 2.75) is 31.8 Å². The lowest BCUT2D eigenvalue weighted by Gasteiger charge is -2.22. The van der Waals surface area contributed by atoms with E-state index in [0.717, 1.165) is 29.6 Å². The zero-order chi connectivity index (χ0) is 16.1. The maximum atomic E-state index is 9.16. The van der Waals surface area contributed by atoms with Gasteiger partial charge in [0.2, 0.25) is 0 Å². The van der Waals surface area contributed by atoms with Gasteiger partial charge in [-0.15, -0.1) is 0 Å². The van der Waals surface area contributed by atoms with Gasteiger partial charge in [0.05, 0.1) is 6.04 Å². The van der Waals surface area contributed by atoms with Crippen LogP contribution in [-0.4, -0.2) is 11.7 Å². The van der Waals surface area contributed by atoms with E-state index in [1.165, 1.54) is 5.56 Å². The van der Waals surface area contributed by atoms with Gasteiger partial charge in [-0.25, -0.2) is 0 Å². The van der Waals surface area contributed by atoms with Crippen molar-refractivity contribution in [2.75, 3.05) is 6.61 Å². The molecule has 1 aromatic heterocycles. The number of para-hydroxylation sites is 1. The number of aliphatic hydroxyl groups is 1. The third kappa shape index (κ3) is 3.81. The highest BCUT2D eigenvalue weighted by atomic mass is 16.3. The summed E-state index contributed by atoms with van der Waals surface area (Å²) in [5, 5.41) is 13.9. The van der Waals surface area contributed by atoms with Gasteiger partial charge < -0.3 is 14.8 Å². The fourth-order valence-corrected chi connectivity index (χ4v) is 2.93. The molecule has 120 valence electrons. The lowest BCUT2D eigenvalue weighted by atomic mass is 10.0. The molecule has 0 aliphatic carbocycles. The Labute approximate surface area is 136 Å². The lowest BCUT2D eigenvalue weighted by molar-refractivity contribution is 0.270. The van der Waals surface area contributed by atoms with Crippen LogP contribution >= 0.6 is 0 Å². The number of benzene rings is 2.